The van der Waals surface area contributed by atoms with Crippen molar-refractivity contribution in [1.29, 1.82) is 0 Å². The SMILES string of the molecule is CCCCCCCCC(CCCCCCCC)OC(=O)CCCCCCCN(CCO)CCC(C)O. The van der Waals surface area contributed by atoms with Crippen molar-refractivity contribution in [2.45, 2.75) is 168 Å². The molecular weight excluding hydrogens is 450 g/mol. The smallest absolute Gasteiger partial charge is 0.306 e. The second-order valence-electron chi connectivity index (χ2n) is 10.9. The Bertz CT molecular complexity index is 442. The van der Waals surface area contributed by atoms with Gasteiger partial charge < -0.3 is 19.8 Å². The lowest BCUT2D eigenvalue weighted by atomic mass is 10.0. The van der Waals surface area contributed by atoms with Crippen molar-refractivity contribution in [3.8, 4) is 0 Å². The average Bonchev–Trinajstić information content (AvgIpc) is 2.85. The summed E-state index contributed by atoms with van der Waals surface area (Å²) in [5.41, 5.74) is 0. The molecule has 0 saturated heterocycles. The van der Waals surface area contributed by atoms with Gasteiger partial charge in [0, 0.05) is 19.5 Å². The molecule has 1 unspecified atom stereocenters. The molecule has 0 fully saturated rings. The Balaban J connectivity index is 4.07. The molecule has 0 heterocycles. The molecule has 5 heteroatoms. The molecule has 0 radical (unpaired) electrons. The number of esters is 1. The predicted molar refractivity (Wildman–Crippen MR) is 153 cm³/mol. The summed E-state index contributed by atoms with van der Waals surface area (Å²) in [5, 5.41) is 18.7. The van der Waals surface area contributed by atoms with Crippen molar-refractivity contribution in [1.82, 2.24) is 4.90 Å². The summed E-state index contributed by atoms with van der Waals surface area (Å²) in [6.45, 7) is 8.97. The maximum absolute atomic E-state index is 12.5. The Labute approximate surface area is 224 Å². The highest BCUT2D eigenvalue weighted by Crippen LogP contribution is 2.18. The van der Waals surface area contributed by atoms with Gasteiger partial charge in [-0.05, 0) is 58.4 Å². The quantitative estimate of drug-likeness (QED) is 0.0824. The first-order valence-electron chi connectivity index (χ1n) is 15.7. The molecule has 1 atom stereocenters. The maximum Gasteiger partial charge on any atom is 0.306 e. The van der Waals surface area contributed by atoms with Crippen molar-refractivity contribution in [2.24, 2.45) is 0 Å². The van der Waals surface area contributed by atoms with Crippen LogP contribution in [0.4, 0.5) is 0 Å². The van der Waals surface area contributed by atoms with E-state index >= 15 is 0 Å². The number of ether oxygens (including phenoxy) is 1. The Kier molecular flexibility index (Phi) is 26.9. The fourth-order valence-corrected chi connectivity index (χ4v) is 4.79. The van der Waals surface area contributed by atoms with Gasteiger partial charge in [0.05, 0.1) is 12.7 Å². The van der Waals surface area contributed by atoms with E-state index in [9.17, 15) is 15.0 Å². The first-order valence-corrected chi connectivity index (χ1v) is 15.7. The van der Waals surface area contributed by atoms with Crippen LogP contribution < -0.4 is 0 Å². The first-order chi connectivity index (χ1) is 17.5. The fourth-order valence-electron chi connectivity index (χ4n) is 4.79. The van der Waals surface area contributed by atoms with E-state index in [4.69, 9.17) is 4.74 Å². The molecule has 0 aromatic rings. The van der Waals surface area contributed by atoms with E-state index in [0.717, 1.165) is 64.5 Å². The summed E-state index contributed by atoms with van der Waals surface area (Å²) < 4.78 is 5.95. The third-order valence-corrected chi connectivity index (χ3v) is 7.19. The van der Waals surface area contributed by atoms with Gasteiger partial charge in [-0.1, -0.05) is 97.3 Å². The molecule has 0 bridgehead atoms. The van der Waals surface area contributed by atoms with Gasteiger partial charge in [-0.25, -0.2) is 0 Å². The second kappa shape index (κ2) is 27.4. The van der Waals surface area contributed by atoms with Crippen LogP contribution in [0.25, 0.3) is 0 Å². The van der Waals surface area contributed by atoms with Gasteiger partial charge in [0.15, 0.2) is 0 Å². The molecule has 2 N–H and O–H groups in total. The third-order valence-electron chi connectivity index (χ3n) is 7.19. The second-order valence-corrected chi connectivity index (χ2v) is 10.9. The summed E-state index contributed by atoms with van der Waals surface area (Å²) in [5.74, 6) is 0.00390. The zero-order chi connectivity index (χ0) is 26.7. The molecule has 0 saturated carbocycles. The molecule has 0 aromatic carbocycles. The lowest BCUT2D eigenvalue weighted by molar-refractivity contribution is -0.150. The van der Waals surface area contributed by atoms with Crippen molar-refractivity contribution in [3.63, 3.8) is 0 Å². The lowest BCUT2D eigenvalue weighted by Crippen LogP contribution is -2.30. The monoisotopic (exact) mass is 513 g/mol. The van der Waals surface area contributed by atoms with Crippen LogP contribution in [0, 0.1) is 0 Å². The van der Waals surface area contributed by atoms with E-state index in [1.165, 1.54) is 77.0 Å². The Morgan fingerprint density at radius 2 is 1.17 bits per heavy atom. The van der Waals surface area contributed by atoms with Crippen molar-refractivity contribution in [3.05, 3.63) is 0 Å². The van der Waals surface area contributed by atoms with Crippen molar-refractivity contribution < 1.29 is 19.7 Å². The summed E-state index contributed by atoms with van der Waals surface area (Å²) in [7, 11) is 0. The topological polar surface area (TPSA) is 70.0 Å². The minimum atomic E-state index is -0.290. The number of carbonyl (C=O) groups excluding carboxylic acids is 1. The molecule has 0 amide bonds. The third kappa shape index (κ3) is 25.0. The number of hydrogen-bond acceptors (Lipinski definition) is 5. The highest BCUT2D eigenvalue weighted by Gasteiger charge is 2.14. The van der Waals surface area contributed by atoms with E-state index in [1.807, 2.05) is 6.92 Å². The van der Waals surface area contributed by atoms with Gasteiger partial charge in [0.25, 0.3) is 0 Å². The normalized spacial score (nSPS) is 12.5. The standard InChI is InChI=1S/C31H63NO4/c1-4-6-8-10-13-17-21-30(22-18-14-11-9-7-5-2)36-31(35)23-19-15-12-16-20-25-32(27-28-33)26-24-29(3)34/h29-30,33-34H,4-28H2,1-3H3. The molecule has 216 valence electrons. The summed E-state index contributed by atoms with van der Waals surface area (Å²) >= 11 is 0. The van der Waals surface area contributed by atoms with Gasteiger partial charge >= 0.3 is 5.97 Å². The van der Waals surface area contributed by atoms with E-state index in [0.29, 0.717) is 13.0 Å². The first kappa shape index (κ1) is 35.4. The van der Waals surface area contributed by atoms with Crippen LogP contribution in [0.1, 0.15) is 156 Å². The highest BCUT2D eigenvalue weighted by molar-refractivity contribution is 5.69. The van der Waals surface area contributed by atoms with Crippen LogP contribution in [-0.2, 0) is 9.53 Å². The molecule has 0 aliphatic heterocycles. The molecule has 0 rings (SSSR count). The number of aliphatic hydroxyl groups is 2. The van der Waals surface area contributed by atoms with Crippen LogP contribution in [0.3, 0.4) is 0 Å². The zero-order valence-electron chi connectivity index (χ0n) is 24.5. The van der Waals surface area contributed by atoms with E-state index < -0.39 is 0 Å². The average molecular weight is 514 g/mol. The Morgan fingerprint density at radius 3 is 1.69 bits per heavy atom. The fraction of sp³-hybridized carbons (Fsp3) is 0.968. The Hall–Kier alpha value is -0.650. The molecular formula is C31H63NO4. The highest BCUT2D eigenvalue weighted by atomic mass is 16.5. The minimum absolute atomic E-state index is 0.00390. The number of nitrogens with zero attached hydrogens (tertiary/aromatic N) is 1. The molecule has 0 aliphatic rings. The maximum atomic E-state index is 12.5. The van der Waals surface area contributed by atoms with Gasteiger partial charge in [0.2, 0.25) is 0 Å². The summed E-state index contributed by atoms with van der Waals surface area (Å²) in [4.78, 5) is 14.7. The van der Waals surface area contributed by atoms with E-state index in [1.54, 1.807) is 0 Å². The molecule has 0 spiro atoms. The largest absolute Gasteiger partial charge is 0.462 e. The molecule has 5 nitrogen and oxygen atoms in total. The van der Waals surface area contributed by atoms with Gasteiger partial charge in [0.1, 0.15) is 6.10 Å². The number of rotatable bonds is 28. The Morgan fingerprint density at radius 1 is 0.667 bits per heavy atom. The van der Waals surface area contributed by atoms with Crippen LogP contribution in [0.15, 0.2) is 0 Å². The van der Waals surface area contributed by atoms with E-state index in [-0.39, 0.29) is 24.8 Å². The number of aliphatic hydroxyl groups excluding tert-OH is 2. The van der Waals surface area contributed by atoms with Crippen molar-refractivity contribution in [2.75, 3.05) is 26.2 Å². The van der Waals surface area contributed by atoms with Crippen LogP contribution in [-0.4, -0.2) is 59.5 Å². The number of unbranched alkanes of at least 4 members (excludes halogenated alkanes) is 14. The predicted octanol–water partition coefficient (Wildman–Crippen LogP) is 7.81. The lowest BCUT2D eigenvalue weighted by Gasteiger charge is -2.21. The summed E-state index contributed by atoms with van der Waals surface area (Å²) in [6.07, 6.45) is 24.0. The molecule has 36 heavy (non-hydrogen) atoms. The van der Waals surface area contributed by atoms with Gasteiger partial charge in [-0.2, -0.15) is 0 Å². The van der Waals surface area contributed by atoms with E-state index in [2.05, 4.69) is 18.7 Å². The van der Waals surface area contributed by atoms with Crippen LogP contribution >= 0.6 is 0 Å². The van der Waals surface area contributed by atoms with Crippen LogP contribution in [0.5, 0.6) is 0 Å². The minimum Gasteiger partial charge on any atom is -0.462 e. The molecule has 0 aliphatic carbocycles. The van der Waals surface area contributed by atoms with Crippen LogP contribution in [0.2, 0.25) is 0 Å². The number of carbonyl (C=O) groups is 1. The zero-order valence-corrected chi connectivity index (χ0v) is 24.5. The molecule has 0 aromatic heterocycles. The van der Waals surface area contributed by atoms with Gasteiger partial charge in [-0.3, -0.25) is 4.79 Å². The summed E-state index contributed by atoms with van der Waals surface area (Å²) in [6, 6.07) is 0. The number of hydrogen-bond donors (Lipinski definition) is 2. The van der Waals surface area contributed by atoms with Crippen molar-refractivity contribution >= 4 is 5.97 Å². The van der Waals surface area contributed by atoms with Gasteiger partial charge in [-0.15, -0.1) is 0 Å².